The fourth-order valence-corrected chi connectivity index (χ4v) is 4.99. The molecule has 2 aromatic rings. The van der Waals surface area contributed by atoms with Crippen molar-refractivity contribution in [3.8, 4) is 5.75 Å². The number of halogens is 3. The van der Waals surface area contributed by atoms with Gasteiger partial charge in [-0.25, -0.2) is 9.99 Å². The minimum absolute atomic E-state index is 0.150. The van der Waals surface area contributed by atoms with Gasteiger partial charge in [0.2, 0.25) is 5.91 Å². The number of hydrogen-bond donors (Lipinski definition) is 0. The van der Waals surface area contributed by atoms with Gasteiger partial charge in [-0.3, -0.25) is 4.79 Å². The van der Waals surface area contributed by atoms with Crippen LogP contribution >= 0.6 is 46.1 Å². The smallest absolute Gasteiger partial charge is 0.240 e. The van der Waals surface area contributed by atoms with E-state index in [1.807, 2.05) is 29.2 Å². The number of methoxy groups -OCH3 is 1. The first-order valence-electron chi connectivity index (χ1n) is 9.03. The lowest BCUT2D eigenvalue weighted by molar-refractivity contribution is -0.130. The molecule has 2 heterocycles. The van der Waals surface area contributed by atoms with Gasteiger partial charge in [0.05, 0.1) is 23.7 Å². The Labute approximate surface area is 189 Å². The molecule has 1 aromatic carbocycles. The van der Waals surface area contributed by atoms with E-state index >= 15 is 0 Å². The van der Waals surface area contributed by atoms with E-state index in [9.17, 15) is 4.79 Å². The Hall–Kier alpha value is -1.54. The summed E-state index contributed by atoms with van der Waals surface area (Å²) in [5.74, 6) is 1.53. The Kier molecular flexibility index (Phi) is 7.62. The Bertz CT molecular complexity index is 882. The molecule has 3 rings (SSSR count). The summed E-state index contributed by atoms with van der Waals surface area (Å²) in [7, 11) is 1.62. The molecule has 0 radical (unpaired) electrons. The van der Waals surface area contributed by atoms with Crippen LogP contribution in [0.2, 0.25) is 5.15 Å². The van der Waals surface area contributed by atoms with Crippen LogP contribution in [-0.2, 0) is 4.79 Å². The zero-order valence-electron chi connectivity index (χ0n) is 16.1. The fraction of sp³-hybridized carbons (Fsp3) is 0.421. The molecule has 0 saturated heterocycles. The number of hydrazone groups is 1. The number of amides is 1. The predicted octanol–water partition coefficient (Wildman–Crippen LogP) is 4.79. The summed E-state index contributed by atoms with van der Waals surface area (Å²) in [6, 6.07) is 7.31. The number of alkyl halides is 2. The first-order chi connectivity index (χ1) is 14.0. The lowest BCUT2D eigenvalue weighted by Crippen LogP contribution is -2.27. The normalized spacial score (nSPS) is 16.1. The van der Waals surface area contributed by atoms with Crippen molar-refractivity contribution in [2.75, 3.05) is 36.9 Å². The van der Waals surface area contributed by atoms with Gasteiger partial charge in [-0.1, -0.05) is 22.9 Å². The van der Waals surface area contributed by atoms with Crippen LogP contribution < -0.4 is 9.64 Å². The van der Waals surface area contributed by atoms with Crippen molar-refractivity contribution in [1.29, 1.82) is 0 Å². The molecular weight excluding hydrogens is 455 g/mol. The maximum Gasteiger partial charge on any atom is 0.240 e. The lowest BCUT2D eigenvalue weighted by Gasteiger charge is -2.20. The molecule has 10 heteroatoms. The summed E-state index contributed by atoms with van der Waals surface area (Å²) in [5.41, 5.74) is 1.75. The molecule has 0 spiro atoms. The standard InChI is InChI=1S/C19H21Cl3N4O2S/c1-12(27)26-16(11-15(24-26)13-3-5-14(28-2)6-4-13)17-18(22)23-19(29-17)25(9-7-20)10-8-21/h3-6,16H,7-11H2,1-2H3. The average molecular weight is 476 g/mol. The van der Waals surface area contributed by atoms with E-state index in [1.165, 1.54) is 23.3 Å². The predicted molar refractivity (Wildman–Crippen MR) is 120 cm³/mol. The van der Waals surface area contributed by atoms with Gasteiger partial charge in [0, 0.05) is 38.2 Å². The molecule has 156 valence electrons. The molecular formula is C19H21Cl3N4O2S. The minimum atomic E-state index is -0.294. The third-order valence-electron chi connectivity index (χ3n) is 4.54. The highest BCUT2D eigenvalue weighted by Crippen LogP contribution is 2.42. The molecule has 0 N–H and O–H groups in total. The second-order valence-electron chi connectivity index (χ2n) is 6.38. The zero-order valence-corrected chi connectivity index (χ0v) is 19.2. The summed E-state index contributed by atoms with van der Waals surface area (Å²) >= 11 is 19.7. The fourth-order valence-electron chi connectivity index (χ4n) is 3.11. The van der Waals surface area contributed by atoms with Crippen LogP contribution in [0, 0.1) is 0 Å². The molecule has 6 nitrogen and oxygen atoms in total. The SMILES string of the molecule is COc1ccc(C2=NN(C(C)=O)C(c3sc(N(CCCl)CCCl)nc3Cl)C2)cc1. The average Bonchev–Trinajstić information content (AvgIpc) is 3.32. The van der Waals surface area contributed by atoms with Gasteiger partial charge < -0.3 is 9.64 Å². The molecule has 1 aliphatic rings. The van der Waals surface area contributed by atoms with E-state index < -0.39 is 0 Å². The number of hydrogen-bond acceptors (Lipinski definition) is 6. The molecule has 1 aliphatic heterocycles. The van der Waals surface area contributed by atoms with Crippen molar-refractivity contribution in [3.63, 3.8) is 0 Å². The second-order valence-corrected chi connectivity index (χ2v) is 8.50. The molecule has 0 aliphatic carbocycles. The number of rotatable bonds is 8. The molecule has 29 heavy (non-hydrogen) atoms. The van der Waals surface area contributed by atoms with Crippen LogP contribution in [0.15, 0.2) is 29.4 Å². The number of carbonyl (C=O) groups excluding carboxylic acids is 1. The Balaban J connectivity index is 1.89. The highest BCUT2D eigenvalue weighted by atomic mass is 35.5. The quantitative estimate of drug-likeness (QED) is 0.515. The van der Waals surface area contributed by atoms with E-state index in [0.717, 1.165) is 27.0 Å². The first kappa shape index (κ1) is 22.2. The number of ether oxygens (including phenoxy) is 1. The molecule has 1 aromatic heterocycles. The van der Waals surface area contributed by atoms with Gasteiger partial charge in [-0.15, -0.1) is 23.2 Å². The Morgan fingerprint density at radius 2 is 1.93 bits per heavy atom. The number of nitrogens with zero attached hydrogens (tertiary/aromatic N) is 4. The van der Waals surface area contributed by atoms with Gasteiger partial charge in [0.15, 0.2) is 5.13 Å². The summed E-state index contributed by atoms with van der Waals surface area (Å²) in [6.45, 7) is 2.73. The van der Waals surface area contributed by atoms with Crippen molar-refractivity contribution in [2.45, 2.75) is 19.4 Å². The molecule has 0 saturated carbocycles. The molecule has 0 bridgehead atoms. The number of aromatic nitrogens is 1. The van der Waals surface area contributed by atoms with Crippen LogP contribution in [0.25, 0.3) is 0 Å². The van der Waals surface area contributed by atoms with Gasteiger partial charge in [-0.05, 0) is 29.8 Å². The van der Waals surface area contributed by atoms with Gasteiger partial charge in [-0.2, -0.15) is 5.10 Å². The highest BCUT2D eigenvalue weighted by Gasteiger charge is 2.35. The second kappa shape index (κ2) is 9.98. The Morgan fingerprint density at radius 3 is 2.48 bits per heavy atom. The summed E-state index contributed by atoms with van der Waals surface area (Å²) in [4.78, 5) is 19.6. The van der Waals surface area contributed by atoms with E-state index in [4.69, 9.17) is 39.5 Å². The minimum Gasteiger partial charge on any atom is -0.497 e. The van der Waals surface area contributed by atoms with Crippen molar-refractivity contribution in [3.05, 3.63) is 39.9 Å². The first-order valence-corrected chi connectivity index (χ1v) is 11.3. The summed E-state index contributed by atoms with van der Waals surface area (Å²) in [5, 5.41) is 7.17. The highest BCUT2D eigenvalue weighted by molar-refractivity contribution is 7.16. The van der Waals surface area contributed by atoms with E-state index in [1.54, 1.807) is 7.11 Å². The van der Waals surface area contributed by atoms with Crippen molar-refractivity contribution in [2.24, 2.45) is 5.10 Å². The molecule has 1 unspecified atom stereocenters. The van der Waals surface area contributed by atoms with Gasteiger partial charge >= 0.3 is 0 Å². The number of carbonyl (C=O) groups is 1. The van der Waals surface area contributed by atoms with Crippen LogP contribution in [0.5, 0.6) is 5.75 Å². The van der Waals surface area contributed by atoms with Gasteiger partial charge in [0.25, 0.3) is 0 Å². The van der Waals surface area contributed by atoms with Crippen molar-refractivity contribution in [1.82, 2.24) is 9.99 Å². The van der Waals surface area contributed by atoms with Crippen molar-refractivity contribution < 1.29 is 9.53 Å². The summed E-state index contributed by atoms with van der Waals surface area (Å²) in [6.07, 6.45) is 0.554. The molecule has 1 amide bonds. The van der Waals surface area contributed by atoms with E-state index in [2.05, 4.69) is 10.1 Å². The third-order valence-corrected chi connectivity index (χ3v) is 6.49. The van der Waals surface area contributed by atoms with Gasteiger partial charge in [0.1, 0.15) is 10.9 Å². The largest absolute Gasteiger partial charge is 0.497 e. The third kappa shape index (κ3) is 4.97. The zero-order chi connectivity index (χ0) is 21.0. The lowest BCUT2D eigenvalue weighted by atomic mass is 10.0. The summed E-state index contributed by atoms with van der Waals surface area (Å²) < 4.78 is 5.21. The maximum absolute atomic E-state index is 12.3. The number of thiazole rings is 1. The van der Waals surface area contributed by atoms with Crippen LogP contribution in [0.4, 0.5) is 5.13 Å². The number of benzene rings is 1. The Morgan fingerprint density at radius 1 is 1.28 bits per heavy atom. The topological polar surface area (TPSA) is 58.0 Å². The number of anilines is 1. The van der Waals surface area contributed by atoms with Crippen LogP contribution in [0.1, 0.15) is 29.8 Å². The van der Waals surface area contributed by atoms with Crippen LogP contribution in [-0.4, -0.2) is 53.6 Å². The molecule has 0 fully saturated rings. The van der Waals surface area contributed by atoms with Crippen LogP contribution in [0.3, 0.4) is 0 Å². The van der Waals surface area contributed by atoms with E-state index in [0.29, 0.717) is 36.4 Å². The molecule has 1 atom stereocenters. The van der Waals surface area contributed by atoms with Crippen molar-refractivity contribution >= 4 is 62.9 Å². The maximum atomic E-state index is 12.3. The van der Waals surface area contributed by atoms with E-state index in [-0.39, 0.29) is 11.9 Å². The monoisotopic (exact) mass is 474 g/mol.